The molecule has 5 N–H and O–H groups in total. The Morgan fingerprint density at radius 3 is 2.14 bits per heavy atom. The van der Waals surface area contributed by atoms with Gasteiger partial charge in [0.25, 0.3) is 11.5 Å². The molecule has 3 aromatic carbocycles. The van der Waals surface area contributed by atoms with Crippen molar-refractivity contribution in [3.8, 4) is 17.3 Å². The van der Waals surface area contributed by atoms with Crippen LogP contribution in [-0.4, -0.2) is 193 Å². The summed E-state index contributed by atoms with van der Waals surface area (Å²) in [7, 11) is 3.16. The van der Waals surface area contributed by atoms with E-state index in [1.807, 2.05) is 29.0 Å². The van der Waals surface area contributed by atoms with Crippen LogP contribution in [0, 0.1) is 29.9 Å². The number of esters is 1. The fourth-order valence-electron chi connectivity index (χ4n) is 10.1. The first kappa shape index (κ1) is 68.9. The zero-order chi connectivity index (χ0) is 66.5. The number of nitrogen functional groups attached to an aromatic ring is 1. The Balaban J connectivity index is 0.563. The number of halogens is 3. The van der Waals surface area contributed by atoms with Gasteiger partial charge in [-0.1, -0.05) is 22.9 Å². The second-order valence-corrected chi connectivity index (χ2v) is 22.2. The number of carbonyl (C=O) groups is 3. The highest BCUT2D eigenvalue weighted by Gasteiger charge is 2.26. The number of fused-ring (bicyclic) bond motifs is 2. The number of nitrogens with zero attached hydrogens (tertiary/aromatic N) is 12. The van der Waals surface area contributed by atoms with Gasteiger partial charge in [-0.15, -0.1) is 5.10 Å². The molecular formula is C64H73ClF2N16O11. The average Bonchev–Trinajstić information content (AvgIpc) is 0.827. The molecule has 6 heterocycles. The summed E-state index contributed by atoms with van der Waals surface area (Å²) in [5.74, 6) is -1.87. The molecule has 27 nitrogen and oxygen atoms in total. The van der Waals surface area contributed by atoms with Crippen LogP contribution < -0.4 is 31.7 Å². The molecule has 0 spiro atoms. The summed E-state index contributed by atoms with van der Waals surface area (Å²) < 4.78 is 70.7. The van der Waals surface area contributed by atoms with Gasteiger partial charge in [0.2, 0.25) is 17.8 Å². The second-order valence-electron chi connectivity index (χ2n) is 21.8. The molecular weight excluding hydrogens is 1240 g/mol. The normalized spacial score (nSPS) is 13.0. The van der Waals surface area contributed by atoms with Crippen molar-refractivity contribution in [2.75, 3.05) is 140 Å². The molecule has 0 bridgehead atoms. The zero-order valence-corrected chi connectivity index (χ0v) is 53.2. The number of nitrogens with two attached hydrogens (primary N) is 1. The van der Waals surface area contributed by atoms with Crippen LogP contribution in [0.2, 0.25) is 5.02 Å². The van der Waals surface area contributed by atoms with Crippen LogP contribution in [0.15, 0.2) is 90.1 Å². The lowest BCUT2D eigenvalue weighted by Crippen LogP contribution is -2.50. The summed E-state index contributed by atoms with van der Waals surface area (Å²) in [5, 5.41) is 24.4. The van der Waals surface area contributed by atoms with E-state index in [1.54, 1.807) is 66.0 Å². The number of nitriles is 1. The van der Waals surface area contributed by atoms with Crippen LogP contribution in [0.25, 0.3) is 33.2 Å². The molecule has 2 amide bonds. The number of rotatable bonds is 34. The van der Waals surface area contributed by atoms with Crippen LogP contribution in [-0.2, 0) is 62.3 Å². The number of pyridine rings is 2. The Labute approximate surface area is 544 Å². The number of aromatic nitrogens is 9. The third kappa shape index (κ3) is 18.9. The number of ether oxygens (including phenoxy) is 7. The minimum atomic E-state index is -0.921. The molecule has 1 fully saturated rings. The topological polar surface area (TPSA) is 327 Å². The number of anilines is 4. The number of piperazine rings is 1. The molecule has 1 saturated heterocycles. The highest BCUT2D eigenvalue weighted by atomic mass is 35.5. The van der Waals surface area contributed by atoms with E-state index < -0.39 is 35.6 Å². The molecule has 1 aliphatic heterocycles. The highest BCUT2D eigenvalue weighted by molar-refractivity contribution is 6.35. The van der Waals surface area contributed by atoms with E-state index in [0.29, 0.717) is 162 Å². The van der Waals surface area contributed by atoms with Gasteiger partial charge in [-0.2, -0.15) is 5.26 Å². The largest absolute Gasteiger partial charge is 0.467 e. The molecule has 0 aliphatic carbocycles. The molecule has 94 heavy (non-hydrogen) atoms. The number of benzene rings is 3. The number of nitrogens with one attached hydrogen (secondary N) is 3. The minimum Gasteiger partial charge on any atom is -0.467 e. The van der Waals surface area contributed by atoms with Crippen molar-refractivity contribution in [1.82, 2.24) is 55.1 Å². The Bertz CT molecular complexity index is 3990. The summed E-state index contributed by atoms with van der Waals surface area (Å²) in [5.41, 5.74) is 10.6. The summed E-state index contributed by atoms with van der Waals surface area (Å²) in [6, 6.07) is 18.1. The number of hydrogen-bond acceptors (Lipinski definition) is 23. The SMILES string of the molecule is COC(=O)[C@H](CCc1cn(CCOCCOCCOCCOCCOCCOCC(=O)N2CCN(c3ncc(-c4nc5c(N[C@H](C)c6cc(C#N)ccc6F)c(Cl)c(C)nc5cc4F)cn3)CC2)nn1)NC(=O)c1ccc(N(C)Cc2ccc3nc(N)[nH]c(=O)c3c2)cc1. The third-order valence-electron chi connectivity index (χ3n) is 15.2. The maximum absolute atomic E-state index is 15.6. The maximum atomic E-state index is 15.6. The third-order valence-corrected chi connectivity index (χ3v) is 15.7. The maximum Gasteiger partial charge on any atom is 0.328 e. The van der Waals surface area contributed by atoms with Crippen LogP contribution >= 0.6 is 11.6 Å². The van der Waals surface area contributed by atoms with Gasteiger partial charge in [0, 0.05) is 86.8 Å². The smallest absolute Gasteiger partial charge is 0.328 e. The number of aromatic amines is 1. The van der Waals surface area contributed by atoms with Gasteiger partial charge in [0.05, 0.1) is 143 Å². The van der Waals surface area contributed by atoms with Crippen LogP contribution in [0.3, 0.4) is 0 Å². The van der Waals surface area contributed by atoms with Gasteiger partial charge in [0.1, 0.15) is 29.7 Å². The lowest BCUT2D eigenvalue weighted by Gasteiger charge is -2.34. The van der Waals surface area contributed by atoms with Crippen molar-refractivity contribution >= 4 is 74.6 Å². The number of aryl methyl sites for hydroxylation is 2. The van der Waals surface area contributed by atoms with E-state index >= 15 is 4.39 Å². The number of H-pyrrole nitrogens is 1. The lowest BCUT2D eigenvalue weighted by atomic mass is 10.0. The Kier molecular flexibility index (Phi) is 24.9. The molecule has 8 aromatic rings. The summed E-state index contributed by atoms with van der Waals surface area (Å²) in [6.45, 7) is 9.90. The number of carbonyl (C=O) groups excluding carboxylic acids is 3. The van der Waals surface area contributed by atoms with E-state index in [1.165, 1.54) is 43.8 Å². The Hall–Kier alpha value is -9.41. The van der Waals surface area contributed by atoms with Crippen molar-refractivity contribution in [2.24, 2.45) is 0 Å². The van der Waals surface area contributed by atoms with Crippen molar-refractivity contribution in [3.63, 3.8) is 0 Å². The molecule has 496 valence electrons. The van der Waals surface area contributed by atoms with Gasteiger partial charge in [-0.25, -0.2) is 43.2 Å². The molecule has 0 radical (unpaired) electrons. The van der Waals surface area contributed by atoms with Gasteiger partial charge in [-0.3, -0.25) is 19.4 Å². The molecule has 0 unspecified atom stereocenters. The molecule has 9 rings (SSSR count). The summed E-state index contributed by atoms with van der Waals surface area (Å²) in [6.07, 6.45) is 5.30. The highest BCUT2D eigenvalue weighted by Crippen LogP contribution is 2.37. The van der Waals surface area contributed by atoms with E-state index in [-0.39, 0.29) is 64.4 Å². The first-order valence-corrected chi connectivity index (χ1v) is 30.7. The second kappa shape index (κ2) is 34.0. The van der Waals surface area contributed by atoms with E-state index in [0.717, 1.165) is 11.3 Å². The molecule has 1 aliphatic rings. The zero-order valence-electron chi connectivity index (χ0n) is 52.4. The summed E-state index contributed by atoms with van der Waals surface area (Å²) >= 11 is 6.71. The minimum absolute atomic E-state index is 0.0354. The Morgan fingerprint density at radius 2 is 1.48 bits per heavy atom. The van der Waals surface area contributed by atoms with Gasteiger partial charge >= 0.3 is 5.97 Å². The van der Waals surface area contributed by atoms with Crippen molar-refractivity contribution in [2.45, 2.75) is 51.9 Å². The van der Waals surface area contributed by atoms with Crippen molar-refractivity contribution < 1.29 is 56.3 Å². The van der Waals surface area contributed by atoms with Gasteiger partial charge in [-0.05, 0) is 86.8 Å². The van der Waals surface area contributed by atoms with Gasteiger partial charge in [0.15, 0.2) is 5.82 Å². The molecule has 0 saturated carbocycles. The molecule has 5 aromatic heterocycles. The summed E-state index contributed by atoms with van der Waals surface area (Å²) in [4.78, 5) is 81.6. The first-order chi connectivity index (χ1) is 45.5. The monoisotopic (exact) mass is 1310 g/mol. The fraction of sp³-hybridized carbons (Fsp3) is 0.406. The van der Waals surface area contributed by atoms with E-state index in [2.05, 4.69) is 50.8 Å². The van der Waals surface area contributed by atoms with Crippen LogP contribution in [0.1, 0.15) is 57.8 Å². The molecule has 2 atom stereocenters. The number of hydrogen-bond donors (Lipinski definition) is 4. The van der Waals surface area contributed by atoms with Crippen molar-refractivity contribution in [1.29, 1.82) is 5.26 Å². The molecule has 30 heteroatoms. The Morgan fingerprint density at radius 1 is 0.819 bits per heavy atom. The quantitative estimate of drug-likeness (QED) is 0.0275. The van der Waals surface area contributed by atoms with Gasteiger partial charge < -0.3 is 64.2 Å². The van der Waals surface area contributed by atoms with E-state index in [9.17, 15) is 28.8 Å². The van der Waals surface area contributed by atoms with E-state index in [4.69, 9.17) is 50.5 Å². The number of methoxy groups -OCH3 is 1. The van der Waals surface area contributed by atoms with Crippen LogP contribution in [0.5, 0.6) is 0 Å². The van der Waals surface area contributed by atoms with Crippen molar-refractivity contribution in [3.05, 3.63) is 146 Å². The standard InChI is InChI=1S/C64H73ClF2N16O11/c1-40(48-31-42(34-68)5-12-50(48)66)73-59-56(65)41(2)72-54-33-51(67)57(76-58(54)59)45-35-70-64(71-36-45)82-17-15-81(16-18-82)55(84)39-94-30-29-93-28-27-92-26-25-91-24-23-90-22-21-89-20-19-83-38-46(78-79-83)9-14-53(62(87)88-4)74-60(85)44-7-10-47(11-8-44)80(3)37-43-6-13-52-49(32-43)61(86)77-63(69)75-52/h5-8,10-13,31-33,35-36,38,40,53H,9,14-30,37,39H2,1-4H3,(H,72,73)(H,74,85)(H3,69,75,77,86)/t40-,53+/m1/s1. The lowest BCUT2D eigenvalue weighted by molar-refractivity contribution is -0.143. The first-order valence-electron chi connectivity index (χ1n) is 30.4. The number of amides is 2. The van der Waals surface area contributed by atoms with Crippen LogP contribution in [0.4, 0.5) is 32.1 Å². The predicted octanol–water partition coefficient (Wildman–Crippen LogP) is 5.77. The predicted molar refractivity (Wildman–Crippen MR) is 344 cm³/mol. The fourth-order valence-corrected chi connectivity index (χ4v) is 10.3. The average molecular weight is 1320 g/mol.